The van der Waals surface area contributed by atoms with E-state index in [9.17, 15) is 9.90 Å². The highest BCUT2D eigenvalue weighted by Gasteiger charge is 2.11. The first-order valence-corrected chi connectivity index (χ1v) is 5.58. The number of hydrazine groups is 1. The molecular formula is C14H14N2O2. The van der Waals surface area contributed by atoms with E-state index in [1.165, 1.54) is 24.1 Å². The number of para-hydroxylation sites is 1. The second-order valence-corrected chi connectivity index (χ2v) is 3.85. The number of nitrogens with zero attached hydrogens (tertiary/aromatic N) is 1. The summed E-state index contributed by atoms with van der Waals surface area (Å²) in [4.78, 5) is 11.6. The summed E-state index contributed by atoms with van der Waals surface area (Å²) in [7, 11) is 0. The van der Waals surface area contributed by atoms with Gasteiger partial charge in [0.05, 0.1) is 11.4 Å². The number of amides is 1. The monoisotopic (exact) mass is 242 g/mol. The summed E-state index contributed by atoms with van der Waals surface area (Å²) in [6.07, 6.45) is 0. The van der Waals surface area contributed by atoms with Crippen molar-refractivity contribution in [3.63, 3.8) is 0 Å². The van der Waals surface area contributed by atoms with Gasteiger partial charge in [0, 0.05) is 6.92 Å². The Kier molecular flexibility index (Phi) is 3.48. The van der Waals surface area contributed by atoms with Crippen LogP contribution in [0.15, 0.2) is 54.6 Å². The van der Waals surface area contributed by atoms with Gasteiger partial charge < -0.3 is 5.11 Å². The van der Waals surface area contributed by atoms with Crippen molar-refractivity contribution >= 4 is 17.3 Å². The number of carbonyl (C=O) groups is 1. The van der Waals surface area contributed by atoms with Gasteiger partial charge >= 0.3 is 0 Å². The lowest BCUT2D eigenvalue weighted by Crippen LogP contribution is -2.34. The minimum absolute atomic E-state index is 0.135. The Morgan fingerprint density at radius 3 is 2.22 bits per heavy atom. The molecule has 1 amide bonds. The number of carbonyl (C=O) groups excluding carboxylic acids is 1. The van der Waals surface area contributed by atoms with Crippen molar-refractivity contribution in [2.45, 2.75) is 6.92 Å². The Balaban J connectivity index is 2.24. The molecule has 4 heteroatoms. The molecule has 2 N–H and O–H groups in total. The van der Waals surface area contributed by atoms with Crippen molar-refractivity contribution in [1.29, 1.82) is 0 Å². The summed E-state index contributed by atoms with van der Waals surface area (Å²) in [6, 6.07) is 15.8. The predicted octanol–water partition coefficient (Wildman–Crippen LogP) is 2.77. The van der Waals surface area contributed by atoms with Crippen LogP contribution in [-0.4, -0.2) is 11.0 Å². The highest BCUT2D eigenvalue weighted by Crippen LogP contribution is 2.19. The van der Waals surface area contributed by atoms with Gasteiger partial charge in [0.25, 0.3) is 0 Å². The van der Waals surface area contributed by atoms with E-state index in [0.717, 1.165) is 5.69 Å². The third-order valence-electron chi connectivity index (χ3n) is 2.44. The highest BCUT2D eigenvalue weighted by molar-refractivity contribution is 5.93. The van der Waals surface area contributed by atoms with E-state index in [4.69, 9.17) is 0 Å². The van der Waals surface area contributed by atoms with Crippen molar-refractivity contribution in [1.82, 2.24) is 0 Å². The molecule has 0 atom stereocenters. The molecule has 0 fully saturated rings. The van der Waals surface area contributed by atoms with E-state index in [0.29, 0.717) is 5.69 Å². The van der Waals surface area contributed by atoms with Gasteiger partial charge in [-0.25, -0.2) is 5.01 Å². The molecule has 0 radical (unpaired) electrons. The zero-order valence-electron chi connectivity index (χ0n) is 10.00. The summed E-state index contributed by atoms with van der Waals surface area (Å²) in [5.41, 5.74) is 4.51. The fraction of sp³-hybridized carbons (Fsp3) is 0.0714. The van der Waals surface area contributed by atoms with Crippen molar-refractivity contribution < 1.29 is 9.90 Å². The topological polar surface area (TPSA) is 52.6 Å². The second-order valence-electron chi connectivity index (χ2n) is 3.85. The fourth-order valence-electron chi connectivity index (χ4n) is 1.57. The van der Waals surface area contributed by atoms with Crippen molar-refractivity contribution in [3.8, 4) is 5.75 Å². The summed E-state index contributed by atoms with van der Waals surface area (Å²) in [5.74, 6) is 0.0338. The predicted molar refractivity (Wildman–Crippen MR) is 71.3 cm³/mol. The maximum Gasteiger partial charge on any atom is 0.242 e. The van der Waals surface area contributed by atoms with Gasteiger partial charge in [0.2, 0.25) is 5.91 Å². The van der Waals surface area contributed by atoms with Crippen LogP contribution in [0.25, 0.3) is 0 Å². The molecule has 2 aromatic rings. The maximum atomic E-state index is 11.6. The molecule has 0 saturated carbocycles. The van der Waals surface area contributed by atoms with E-state index < -0.39 is 0 Å². The van der Waals surface area contributed by atoms with Crippen LogP contribution in [0.5, 0.6) is 5.75 Å². The van der Waals surface area contributed by atoms with Gasteiger partial charge in [-0.2, -0.15) is 0 Å². The van der Waals surface area contributed by atoms with Crippen LogP contribution in [0.4, 0.5) is 11.4 Å². The molecule has 0 aromatic heterocycles. The Morgan fingerprint density at radius 2 is 1.67 bits per heavy atom. The molecule has 2 rings (SSSR count). The lowest BCUT2D eigenvalue weighted by molar-refractivity contribution is -0.116. The molecule has 2 aromatic carbocycles. The molecule has 0 bridgehead atoms. The van der Waals surface area contributed by atoms with Gasteiger partial charge in [-0.3, -0.25) is 10.2 Å². The second kappa shape index (κ2) is 5.23. The molecule has 0 heterocycles. The van der Waals surface area contributed by atoms with Crippen LogP contribution >= 0.6 is 0 Å². The number of aromatic hydroxyl groups is 1. The van der Waals surface area contributed by atoms with Gasteiger partial charge in [-0.15, -0.1) is 0 Å². The summed E-state index contributed by atoms with van der Waals surface area (Å²) in [5, 5.41) is 10.7. The van der Waals surface area contributed by atoms with Crippen molar-refractivity contribution in [2.75, 3.05) is 10.4 Å². The Morgan fingerprint density at radius 1 is 1.06 bits per heavy atom. The number of hydrogen-bond donors (Lipinski definition) is 2. The molecular weight excluding hydrogens is 228 g/mol. The summed E-state index contributed by atoms with van der Waals surface area (Å²) < 4.78 is 0. The van der Waals surface area contributed by atoms with Crippen LogP contribution in [0.2, 0.25) is 0 Å². The smallest absolute Gasteiger partial charge is 0.242 e. The van der Waals surface area contributed by atoms with Gasteiger partial charge in [0.15, 0.2) is 0 Å². The Hall–Kier alpha value is -2.49. The van der Waals surface area contributed by atoms with Gasteiger partial charge in [-0.05, 0) is 36.4 Å². The first kappa shape index (κ1) is 12.0. The third-order valence-corrected chi connectivity index (χ3v) is 2.44. The van der Waals surface area contributed by atoms with E-state index in [1.54, 1.807) is 12.1 Å². The number of phenolic OH excluding ortho intramolecular Hbond substituents is 1. The van der Waals surface area contributed by atoms with Crippen LogP contribution in [0.1, 0.15) is 6.92 Å². The molecule has 0 aliphatic carbocycles. The Bertz CT molecular complexity index is 523. The van der Waals surface area contributed by atoms with Crippen LogP contribution in [-0.2, 0) is 4.79 Å². The van der Waals surface area contributed by atoms with E-state index >= 15 is 0 Å². The van der Waals surface area contributed by atoms with E-state index in [-0.39, 0.29) is 11.7 Å². The number of benzene rings is 2. The zero-order chi connectivity index (χ0) is 13.0. The van der Waals surface area contributed by atoms with Crippen molar-refractivity contribution in [3.05, 3.63) is 54.6 Å². The SMILES string of the molecule is CC(=O)N(Nc1ccccc1)c1ccc(O)cc1. The van der Waals surface area contributed by atoms with E-state index in [2.05, 4.69) is 5.43 Å². The summed E-state index contributed by atoms with van der Waals surface area (Å²) >= 11 is 0. The normalized spacial score (nSPS) is 9.83. The van der Waals surface area contributed by atoms with Crippen LogP contribution in [0.3, 0.4) is 0 Å². The number of anilines is 2. The minimum atomic E-state index is -0.135. The molecule has 4 nitrogen and oxygen atoms in total. The van der Waals surface area contributed by atoms with Gasteiger partial charge in [0.1, 0.15) is 5.75 Å². The first-order chi connectivity index (χ1) is 8.66. The van der Waals surface area contributed by atoms with Gasteiger partial charge in [-0.1, -0.05) is 18.2 Å². The number of phenols is 1. The highest BCUT2D eigenvalue weighted by atomic mass is 16.3. The molecule has 18 heavy (non-hydrogen) atoms. The maximum absolute atomic E-state index is 11.6. The minimum Gasteiger partial charge on any atom is -0.508 e. The van der Waals surface area contributed by atoms with Crippen LogP contribution < -0.4 is 10.4 Å². The lowest BCUT2D eigenvalue weighted by Gasteiger charge is -2.23. The van der Waals surface area contributed by atoms with Crippen LogP contribution in [0, 0.1) is 0 Å². The quantitative estimate of drug-likeness (QED) is 0.814. The average molecular weight is 242 g/mol. The molecule has 92 valence electrons. The number of nitrogens with one attached hydrogen (secondary N) is 1. The standard InChI is InChI=1S/C14H14N2O2/c1-11(17)16(13-7-9-14(18)10-8-13)15-12-5-3-2-4-6-12/h2-10,15,18H,1H3. The zero-order valence-corrected chi connectivity index (χ0v) is 10.00. The first-order valence-electron chi connectivity index (χ1n) is 5.58. The molecule has 0 aliphatic rings. The molecule has 0 saturated heterocycles. The van der Waals surface area contributed by atoms with E-state index in [1.807, 2.05) is 30.3 Å². The third kappa shape index (κ3) is 2.79. The molecule has 0 spiro atoms. The largest absolute Gasteiger partial charge is 0.508 e. The summed E-state index contributed by atoms with van der Waals surface area (Å²) in [6.45, 7) is 1.47. The fourth-order valence-corrected chi connectivity index (χ4v) is 1.57. The Labute approximate surface area is 105 Å². The number of rotatable bonds is 3. The molecule has 0 aliphatic heterocycles. The molecule has 0 unspecified atom stereocenters. The lowest BCUT2D eigenvalue weighted by atomic mass is 10.3. The number of hydrogen-bond acceptors (Lipinski definition) is 3. The van der Waals surface area contributed by atoms with Crippen molar-refractivity contribution in [2.24, 2.45) is 0 Å². The average Bonchev–Trinajstić information content (AvgIpc) is 2.38.